The van der Waals surface area contributed by atoms with Gasteiger partial charge >= 0.3 is 0 Å². The Kier molecular flexibility index (Phi) is 6.07. The zero-order valence-electron chi connectivity index (χ0n) is 14.2. The lowest BCUT2D eigenvalue weighted by atomic mass is 9.98. The van der Waals surface area contributed by atoms with Crippen LogP contribution in [-0.2, 0) is 4.79 Å². The van der Waals surface area contributed by atoms with E-state index in [9.17, 15) is 9.90 Å². The molecule has 128 valence electrons. The van der Waals surface area contributed by atoms with Crippen LogP contribution in [0.3, 0.4) is 0 Å². The first-order chi connectivity index (χ1) is 11.5. The number of rotatable bonds is 7. The van der Waals surface area contributed by atoms with E-state index in [2.05, 4.69) is 19.2 Å². The first-order valence-electron chi connectivity index (χ1n) is 7.93. The summed E-state index contributed by atoms with van der Waals surface area (Å²) in [5.41, 5.74) is 1.47. The van der Waals surface area contributed by atoms with Crippen LogP contribution in [0.4, 0.5) is 5.69 Å². The van der Waals surface area contributed by atoms with Crippen molar-refractivity contribution >= 4 is 11.6 Å². The second-order valence-electron chi connectivity index (χ2n) is 5.60. The van der Waals surface area contributed by atoms with E-state index in [-0.39, 0.29) is 18.3 Å². The van der Waals surface area contributed by atoms with Crippen molar-refractivity contribution in [1.29, 1.82) is 0 Å². The molecule has 2 rings (SSSR count). The number of carbonyl (C=O) groups excluding carboxylic acids is 1. The van der Waals surface area contributed by atoms with E-state index in [1.807, 2.05) is 6.07 Å². The Bertz CT molecular complexity index is 682. The molecule has 1 unspecified atom stereocenters. The molecule has 0 radical (unpaired) electrons. The van der Waals surface area contributed by atoms with Gasteiger partial charge in [-0.15, -0.1) is 0 Å². The van der Waals surface area contributed by atoms with Crippen LogP contribution < -0.4 is 14.8 Å². The molecule has 0 spiro atoms. The maximum Gasteiger partial charge on any atom is 0.262 e. The molecule has 0 aliphatic rings. The normalized spacial score (nSPS) is 11.6. The van der Waals surface area contributed by atoms with Crippen molar-refractivity contribution < 1.29 is 19.4 Å². The summed E-state index contributed by atoms with van der Waals surface area (Å²) in [6.45, 7) is 4.06. The fraction of sp³-hybridized carbons (Fsp3) is 0.316. The van der Waals surface area contributed by atoms with Gasteiger partial charge in [-0.2, -0.15) is 0 Å². The van der Waals surface area contributed by atoms with Crippen LogP contribution in [0.25, 0.3) is 0 Å². The van der Waals surface area contributed by atoms with Gasteiger partial charge in [0.1, 0.15) is 17.2 Å². The molecule has 5 heteroatoms. The average Bonchev–Trinajstić information content (AvgIpc) is 2.61. The van der Waals surface area contributed by atoms with Gasteiger partial charge in [0.15, 0.2) is 6.61 Å². The van der Waals surface area contributed by atoms with E-state index in [1.165, 1.54) is 0 Å². The molecule has 1 atom stereocenters. The quantitative estimate of drug-likeness (QED) is 0.755. The highest BCUT2D eigenvalue weighted by Gasteiger charge is 2.11. The Hall–Kier alpha value is -2.69. The minimum atomic E-state index is -0.331. The zero-order chi connectivity index (χ0) is 17.5. The van der Waals surface area contributed by atoms with Crippen LogP contribution in [0.1, 0.15) is 31.7 Å². The SMILES string of the molecule is CCC(C)c1ccc(O)c(NC(=O)COc2ccc(OC)cc2)c1. The molecule has 0 saturated heterocycles. The molecule has 0 aromatic heterocycles. The number of hydrogen-bond donors (Lipinski definition) is 2. The summed E-state index contributed by atoms with van der Waals surface area (Å²) < 4.78 is 10.5. The summed E-state index contributed by atoms with van der Waals surface area (Å²) in [5.74, 6) is 1.36. The summed E-state index contributed by atoms with van der Waals surface area (Å²) in [6.07, 6.45) is 0.985. The smallest absolute Gasteiger partial charge is 0.262 e. The second-order valence-corrected chi connectivity index (χ2v) is 5.60. The standard InChI is InChI=1S/C19H23NO4/c1-4-13(2)14-5-10-18(21)17(11-14)20-19(22)12-24-16-8-6-15(23-3)7-9-16/h5-11,13,21H,4,12H2,1-3H3,(H,20,22). The molecule has 2 N–H and O–H groups in total. The van der Waals surface area contributed by atoms with Crippen molar-refractivity contribution in [2.45, 2.75) is 26.2 Å². The summed E-state index contributed by atoms with van der Waals surface area (Å²) in [6, 6.07) is 12.2. The number of phenolic OH excluding ortho intramolecular Hbond substituents is 1. The van der Waals surface area contributed by atoms with Crippen LogP contribution in [-0.4, -0.2) is 24.7 Å². The van der Waals surface area contributed by atoms with Crippen molar-refractivity contribution in [1.82, 2.24) is 0 Å². The second kappa shape index (κ2) is 8.24. The Morgan fingerprint density at radius 2 is 1.83 bits per heavy atom. The molecule has 24 heavy (non-hydrogen) atoms. The van der Waals surface area contributed by atoms with Crippen LogP contribution in [0.2, 0.25) is 0 Å². The Balaban J connectivity index is 1.96. The van der Waals surface area contributed by atoms with Crippen LogP contribution in [0.15, 0.2) is 42.5 Å². The third-order valence-electron chi connectivity index (χ3n) is 3.91. The molecule has 0 fully saturated rings. The molecule has 0 heterocycles. The topological polar surface area (TPSA) is 67.8 Å². The maximum absolute atomic E-state index is 12.0. The predicted molar refractivity (Wildman–Crippen MR) is 93.9 cm³/mol. The van der Waals surface area contributed by atoms with E-state index in [4.69, 9.17) is 9.47 Å². The molecule has 0 aliphatic heterocycles. The number of amides is 1. The van der Waals surface area contributed by atoms with Gasteiger partial charge in [-0.25, -0.2) is 0 Å². The number of carbonyl (C=O) groups is 1. The Labute approximate surface area is 142 Å². The van der Waals surface area contributed by atoms with Crippen LogP contribution in [0, 0.1) is 0 Å². The first-order valence-corrected chi connectivity index (χ1v) is 7.93. The minimum Gasteiger partial charge on any atom is -0.506 e. The number of methoxy groups -OCH3 is 1. The highest BCUT2D eigenvalue weighted by Crippen LogP contribution is 2.29. The number of nitrogens with one attached hydrogen (secondary N) is 1. The number of aromatic hydroxyl groups is 1. The molecular formula is C19H23NO4. The molecule has 2 aromatic rings. The van der Waals surface area contributed by atoms with Gasteiger partial charge in [0.05, 0.1) is 12.8 Å². The molecule has 1 amide bonds. The molecule has 0 bridgehead atoms. The molecule has 2 aromatic carbocycles. The largest absolute Gasteiger partial charge is 0.506 e. The average molecular weight is 329 g/mol. The zero-order valence-corrected chi connectivity index (χ0v) is 14.2. The number of anilines is 1. The fourth-order valence-corrected chi connectivity index (χ4v) is 2.20. The van der Waals surface area contributed by atoms with Crippen LogP contribution >= 0.6 is 0 Å². The minimum absolute atomic E-state index is 0.0415. The van der Waals surface area contributed by atoms with Gasteiger partial charge in [-0.05, 0) is 54.3 Å². The van der Waals surface area contributed by atoms with Crippen LogP contribution in [0.5, 0.6) is 17.2 Å². The molecular weight excluding hydrogens is 306 g/mol. The lowest BCUT2D eigenvalue weighted by Crippen LogP contribution is -2.20. The summed E-state index contributed by atoms with van der Waals surface area (Å²) >= 11 is 0. The maximum atomic E-state index is 12.0. The van der Waals surface area contributed by atoms with Gasteiger partial charge in [-0.3, -0.25) is 4.79 Å². The number of ether oxygens (including phenoxy) is 2. The Morgan fingerprint density at radius 1 is 1.17 bits per heavy atom. The van der Waals surface area contributed by atoms with Gasteiger partial charge in [0.25, 0.3) is 5.91 Å². The van der Waals surface area contributed by atoms with Crippen molar-refractivity contribution in [2.24, 2.45) is 0 Å². The van der Waals surface area contributed by atoms with Gasteiger partial charge in [0, 0.05) is 0 Å². The summed E-state index contributed by atoms with van der Waals surface area (Å²) in [4.78, 5) is 12.0. The van der Waals surface area contributed by atoms with Gasteiger partial charge < -0.3 is 19.9 Å². The highest BCUT2D eigenvalue weighted by atomic mass is 16.5. The molecule has 0 saturated carbocycles. The van der Waals surface area contributed by atoms with Crippen molar-refractivity contribution in [2.75, 3.05) is 19.0 Å². The van der Waals surface area contributed by atoms with E-state index in [0.29, 0.717) is 17.4 Å². The van der Waals surface area contributed by atoms with Gasteiger partial charge in [-0.1, -0.05) is 19.9 Å². The monoisotopic (exact) mass is 329 g/mol. The van der Waals surface area contributed by atoms with Gasteiger partial charge in [0.2, 0.25) is 0 Å². The van der Waals surface area contributed by atoms with Crippen molar-refractivity contribution in [3.05, 3.63) is 48.0 Å². The third-order valence-corrected chi connectivity index (χ3v) is 3.91. The summed E-state index contributed by atoms with van der Waals surface area (Å²) in [7, 11) is 1.59. The van der Waals surface area contributed by atoms with E-state index < -0.39 is 0 Å². The lowest BCUT2D eigenvalue weighted by Gasteiger charge is -2.13. The number of benzene rings is 2. The third kappa shape index (κ3) is 4.65. The molecule has 5 nitrogen and oxygen atoms in total. The molecule has 0 aliphatic carbocycles. The highest BCUT2D eigenvalue weighted by molar-refractivity contribution is 5.93. The Morgan fingerprint density at radius 3 is 2.46 bits per heavy atom. The summed E-state index contributed by atoms with van der Waals surface area (Å²) in [5, 5.41) is 12.6. The predicted octanol–water partition coefficient (Wildman–Crippen LogP) is 3.93. The van der Waals surface area contributed by atoms with E-state index in [1.54, 1.807) is 43.5 Å². The fourth-order valence-electron chi connectivity index (χ4n) is 2.20. The lowest BCUT2D eigenvalue weighted by molar-refractivity contribution is -0.118. The number of hydrogen-bond acceptors (Lipinski definition) is 4. The van der Waals surface area contributed by atoms with Crippen molar-refractivity contribution in [3.63, 3.8) is 0 Å². The first kappa shape index (κ1) is 17.7. The number of phenols is 1. The van der Waals surface area contributed by atoms with Crippen molar-refractivity contribution in [3.8, 4) is 17.2 Å². The van der Waals surface area contributed by atoms with E-state index in [0.717, 1.165) is 17.7 Å². The van der Waals surface area contributed by atoms with E-state index >= 15 is 0 Å².